The first-order valence-electron chi connectivity index (χ1n) is 5.25. The fraction of sp³-hybridized carbons (Fsp3) is 1.00. The van der Waals surface area contributed by atoms with E-state index in [0.717, 1.165) is 0 Å². The van der Waals surface area contributed by atoms with Crippen molar-refractivity contribution in [2.45, 2.75) is 25.7 Å². The van der Waals surface area contributed by atoms with Gasteiger partial charge in [-0.15, -0.1) is 20.2 Å². The van der Waals surface area contributed by atoms with Gasteiger partial charge in [0.1, 0.15) is 0 Å². The van der Waals surface area contributed by atoms with E-state index in [0.29, 0.717) is 38.9 Å². The molecule has 0 unspecified atom stereocenters. The highest BCUT2D eigenvalue weighted by Gasteiger charge is 1.96. The second kappa shape index (κ2) is 10.9. The van der Waals surface area contributed by atoms with Crippen LogP contribution < -0.4 is 0 Å². The summed E-state index contributed by atoms with van der Waals surface area (Å²) in [6.45, 7) is 1.15. The molecule has 0 saturated carbocycles. The summed E-state index contributed by atoms with van der Waals surface area (Å²) in [7, 11) is 0. The molecule has 9 nitrogen and oxygen atoms in total. The number of rotatable bonds is 12. The molecule has 0 aromatic heterocycles. The summed E-state index contributed by atoms with van der Waals surface area (Å²) in [5.74, 6) is 0. The molecule has 0 aliphatic rings. The zero-order valence-corrected chi connectivity index (χ0v) is 9.41. The van der Waals surface area contributed by atoms with Crippen LogP contribution >= 0.6 is 0 Å². The molecular weight excluding hydrogens is 236 g/mol. The van der Waals surface area contributed by atoms with Crippen LogP contribution in [0.5, 0.6) is 0 Å². The molecule has 0 aromatic rings. The van der Waals surface area contributed by atoms with Crippen molar-refractivity contribution in [3.05, 3.63) is 20.2 Å². The lowest BCUT2D eigenvalue weighted by molar-refractivity contribution is -0.757. The van der Waals surface area contributed by atoms with Crippen molar-refractivity contribution < 1.29 is 24.6 Å². The molecule has 0 amide bonds. The van der Waals surface area contributed by atoms with Gasteiger partial charge < -0.3 is 14.4 Å². The molecule has 0 fully saturated rings. The first-order chi connectivity index (χ1) is 8.13. The third-order valence-corrected chi connectivity index (χ3v) is 1.76. The largest absolute Gasteiger partial charge is 0.381 e. The van der Waals surface area contributed by atoms with Crippen LogP contribution in [0.25, 0.3) is 0 Å². The summed E-state index contributed by atoms with van der Waals surface area (Å²) in [5.41, 5.74) is 0. The third-order valence-electron chi connectivity index (χ3n) is 1.76. The molecule has 0 aliphatic carbocycles. The van der Waals surface area contributed by atoms with Crippen LogP contribution in [0, 0.1) is 20.2 Å². The Morgan fingerprint density at radius 2 is 1.06 bits per heavy atom. The zero-order chi connectivity index (χ0) is 12.9. The van der Waals surface area contributed by atoms with E-state index < -0.39 is 10.2 Å². The van der Waals surface area contributed by atoms with Gasteiger partial charge in [0.25, 0.3) is 10.2 Å². The van der Waals surface area contributed by atoms with E-state index >= 15 is 0 Å². The number of ether oxygens (including phenoxy) is 1. The van der Waals surface area contributed by atoms with Gasteiger partial charge in [-0.1, -0.05) is 0 Å². The first-order valence-corrected chi connectivity index (χ1v) is 5.25. The normalized spacial score (nSPS) is 9.88. The Balaban J connectivity index is 2.98. The van der Waals surface area contributed by atoms with E-state index in [1.807, 2.05) is 0 Å². The van der Waals surface area contributed by atoms with Gasteiger partial charge in [0.05, 0.1) is 13.2 Å². The topological polar surface area (TPSA) is 114 Å². The van der Waals surface area contributed by atoms with E-state index in [9.17, 15) is 20.2 Å². The Morgan fingerprint density at radius 3 is 1.41 bits per heavy atom. The molecule has 0 aliphatic heterocycles. The minimum Gasteiger partial charge on any atom is -0.381 e. The van der Waals surface area contributed by atoms with Gasteiger partial charge in [0.2, 0.25) is 0 Å². The van der Waals surface area contributed by atoms with Crippen molar-refractivity contribution in [1.82, 2.24) is 0 Å². The van der Waals surface area contributed by atoms with Crippen LogP contribution in [0.2, 0.25) is 0 Å². The number of nitrogens with zero attached hydrogens (tertiary/aromatic N) is 2. The molecule has 0 bridgehead atoms. The second-order valence-corrected chi connectivity index (χ2v) is 3.14. The maximum absolute atomic E-state index is 9.78. The van der Waals surface area contributed by atoms with Crippen molar-refractivity contribution in [3.63, 3.8) is 0 Å². The van der Waals surface area contributed by atoms with Crippen molar-refractivity contribution in [3.8, 4) is 0 Å². The molecule has 100 valence electrons. The van der Waals surface area contributed by atoms with Crippen LogP contribution in [0.1, 0.15) is 25.7 Å². The quantitative estimate of drug-likeness (QED) is 0.289. The van der Waals surface area contributed by atoms with Crippen molar-refractivity contribution in [2.75, 3.05) is 26.4 Å². The van der Waals surface area contributed by atoms with Crippen LogP contribution in [-0.4, -0.2) is 36.6 Å². The first kappa shape index (κ1) is 15.4. The van der Waals surface area contributed by atoms with E-state index in [2.05, 4.69) is 9.68 Å². The second-order valence-electron chi connectivity index (χ2n) is 3.14. The fourth-order valence-corrected chi connectivity index (χ4v) is 0.993. The zero-order valence-electron chi connectivity index (χ0n) is 9.41. The van der Waals surface area contributed by atoms with Crippen molar-refractivity contribution in [1.29, 1.82) is 0 Å². The summed E-state index contributed by atoms with van der Waals surface area (Å²) < 4.78 is 5.20. The lowest BCUT2D eigenvalue weighted by Gasteiger charge is -2.03. The van der Waals surface area contributed by atoms with E-state index in [4.69, 9.17) is 4.74 Å². The highest BCUT2D eigenvalue weighted by atomic mass is 17.0. The van der Waals surface area contributed by atoms with Crippen molar-refractivity contribution in [2.24, 2.45) is 0 Å². The standard InChI is InChI=1S/C8H16N2O7/c11-9(12)16-7-3-1-5-15-6-2-4-8-17-10(13)14/h1-8H2. The summed E-state index contributed by atoms with van der Waals surface area (Å²) in [4.78, 5) is 27.8. The van der Waals surface area contributed by atoms with E-state index in [1.54, 1.807) is 0 Å². The van der Waals surface area contributed by atoms with Gasteiger partial charge >= 0.3 is 0 Å². The Bertz CT molecular complexity index is 202. The Morgan fingerprint density at radius 1 is 0.706 bits per heavy atom. The number of hydrogen-bond donors (Lipinski definition) is 0. The summed E-state index contributed by atoms with van der Waals surface area (Å²) in [6, 6.07) is 0. The SMILES string of the molecule is O=[N+]([O-])OCCCCOCCCCO[N+](=O)[O-]. The minimum atomic E-state index is -0.823. The molecule has 0 aromatic carbocycles. The molecule has 17 heavy (non-hydrogen) atoms. The molecule has 0 rings (SSSR count). The molecule has 0 spiro atoms. The fourth-order valence-electron chi connectivity index (χ4n) is 0.993. The molecule has 0 radical (unpaired) electrons. The Kier molecular flexibility index (Phi) is 9.82. The van der Waals surface area contributed by atoms with Crippen molar-refractivity contribution >= 4 is 0 Å². The predicted octanol–water partition coefficient (Wildman–Crippen LogP) is 0.980. The molecule has 0 N–H and O–H groups in total. The van der Waals surface area contributed by atoms with Crippen LogP contribution in [0.4, 0.5) is 0 Å². The smallest absolute Gasteiger partial charge is 0.294 e. The highest BCUT2D eigenvalue weighted by Crippen LogP contribution is 1.95. The number of hydrogen-bond acceptors (Lipinski definition) is 7. The summed E-state index contributed by atoms with van der Waals surface area (Å²) in [6.07, 6.45) is 2.48. The molecule has 9 heteroatoms. The molecule has 0 heterocycles. The lowest BCUT2D eigenvalue weighted by Crippen LogP contribution is -2.05. The van der Waals surface area contributed by atoms with Crippen LogP contribution in [-0.2, 0) is 14.4 Å². The highest BCUT2D eigenvalue weighted by molar-refractivity contribution is 4.39. The average Bonchev–Trinajstić information content (AvgIpc) is 2.25. The van der Waals surface area contributed by atoms with Gasteiger partial charge in [0.15, 0.2) is 0 Å². The maximum atomic E-state index is 9.78. The Hall–Kier alpha value is -1.64. The number of unbranched alkanes of at least 4 members (excludes halogenated alkanes) is 2. The molecular formula is C8H16N2O7. The average molecular weight is 252 g/mol. The lowest BCUT2D eigenvalue weighted by atomic mass is 10.3. The third kappa shape index (κ3) is 14.4. The van der Waals surface area contributed by atoms with Gasteiger partial charge in [-0.05, 0) is 25.7 Å². The molecule has 0 atom stereocenters. The van der Waals surface area contributed by atoms with Gasteiger partial charge in [-0.3, -0.25) is 0 Å². The molecule has 0 saturated heterocycles. The monoisotopic (exact) mass is 252 g/mol. The minimum absolute atomic E-state index is 0.0764. The Labute approximate surface area is 97.8 Å². The maximum Gasteiger partial charge on any atom is 0.294 e. The summed E-state index contributed by atoms with van der Waals surface area (Å²) >= 11 is 0. The van der Waals surface area contributed by atoms with Gasteiger partial charge in [-0.25, -0.2) is 0 Å². The van der Waals surface area contributed by atoms with Crippen LogP contribution in [0.15, 0.2) is 0 Å². The van der Waals surface area contributed by atoms with Gasteiger partial charge in [-0.2, -0.15) is 0 Å². The predicted molar refractivity (Wildman–Crippen MR) is 55.2 cm³/mol. The van der Waals surface area contributed by atoms with E-state index in [-0.39, 0.29) is 13.2 Å². The van der Waals surface area contributed by atoms with Crippen LogP contribution in [0.3, 0.4) is 0 Å². The summed E-state index contributed by atoms with van der Waals surface area (Å²) in [5, 5.41) is 17.9. The van der Waals surface area contributed by atoms with E-state index in [1.165, 1.54) is 0 Å². The van der Waals surface area contributed by atoms with Gasteiger partial charge in [0, 0.05) is 13.2 Å².